The van der Waals surface area contributed by atoms with Crippen molar-refractivity contribution in [1.29, 1.82) is 10.5 Å². The van der Waals surface area contributed by atoms with Gasteiger partial charge in [-0.25, -0.2) is 4.79 Å². The van der Waals surface area contributed by atoms with Crippen molar-refractivity contribution in [2.75, 3.05) is 11.1 Å². The summed E-state index contributed by atoms with van der Waals surface area (Å²) in [6.45, 7) is 0. The van der Waals surface area contributed by atoms with E-state index in [1.807, 2.05) is 91.0 Å². The van der Waals surface area contributed by atoms with Crippen LogP contribution >= 0.6 is 23.5 Å². The van der Waals surface area contributed by atoms with Crippen molar-refractivity contribution in [2.24, 2.45) is 0 Å². The number of carbonyl (C=O) groups is 1. The number of nitriles is 2. The highest BCUT2D eigenvalue weighted by atomic mass is 32.2. The molecule has 2 aromatic heterocycles. The minimum absolute atomic E-state index is 0.320. The van der Waals surface area contributed by atoms with Crippen LogP contribution in [0, 0.1) is 22.7 Å². The number of ether oxygens (including phenoxy) is 1. The van der Waals surface area contributed by atoms with E-state index in [9.17, 15) is 10.1 Å². The molecule has 5 aromatic carbocycles. The Morgan fingerprint density at radius 2 is 1.13 bits per heavy atom. The number of H-pyrrole nitrogens is 2. The molecule has 1 amide bonds. The van der Waals surface area contributed by atoms with Crippen LogP contribution in [0.3, 0.4) is 0 Å². The maximum atomic E-state index is 12.2. The number of nitrogens with zero attached hydrogens (tertiary/aromatic N) is 2. The maximum absolute atomic E-state index is 12.2. The lowest BCUT2D eigenvalue weighted by Crippen LogP contribution is -2.17. The Labute approximate surface area is 279 Å². The first-order chi connectivity index (χ1) is 23.0. The molecule has 8 nitrogen and oxygen atoms in total. The van der Waals surface area contributed by atoms with Gasteiger partial charge in [-0.2, -0.15) is 10.5 Å². The average Bonchev–Trinajstić information content (AvgIpc) is 3.60. The summed E-state index contributed by atoms with van der Waals surface area (Å²) in [4.78, 5) is 22.6. The van der Waals surface area contributed by atoms with Crippen LogP contribution in [-0.2, 0) is 0 Å². The van der Waals surface area contributed by atoms with Gasteiger partial charge in [-0.1, -0.05) is 78.1 Å². The zero-order chi connectivity index (χ0) is 32.6. The molecule has 7 aromatic rings. The minimum atomic E-state index is -0.659. The third-order valence-corrected chi connectivity index (χ3v) is 8.93. The van der Waals surface area contributed by atoms with Gasteiger partial charge in [0.05, 0.1) is 0 Å². The molecule has 0 unspecified atom stereocenters. The molecule has 0 aliphatic carbocycles. The van der Waals surface area contributed by atoms with Crippen LogP contribution in [-0.4, -0.2) is 16.1 Å². The molecule has 0 spiro atoms. The second kappa shape index (κ2) is 14.4. The first-order valence-electron chi connectivity index (χ1n) is 14.4. The Kier molecular flexibility index (Phi) is 9.45. The minimum Gasteiger partial charge on any atom is -0.410 e. The molecule has 0 radical (unpaired) electrons. The van der Waals surface area contributed by atoms with E-state index in [0.717, 1.165) is 36.5 Å². The largest absolute Gasteiger partial charge is 0.418 e. The van der Waals surface area contributed by atoms with Crippen LogP contribution in [0.25, 0.3) is 21.8 Å². The Morgan fingerprint density at radius 1 is 0.638 bits per heavy atom. The standard InChI is InChI=1S/C22H15N3O2S.C15H11N3S/c23-14-19-18-13-17(28-16-9-5-2-6-10-16)11-12-20(18)24-21(19)25-22(26)27-15-7-3-1-4-8-15;16-9-13-12-8-11(6-7-14(12)18-15(13)17)19-10-4-2-1-3-5-10/h1-13,24H,(H,25,26);1-8,18H,17H2. The number of nitrogens with two attached hydrogens (primary N) is 1. The van der Waals surface area contributed by atoms with Crippen molar-refractivity contribution in [1.82, 2.24) is 9.97 Å². The van der Waals surface area contributed by atoms with Gasteiger partial charge in [-0.15, -0.1) is 0 Å². The third kappa shape index (κ3) is 7.43. The zero-order valence-corrected chi connectivity index (χ0v) is 26.4. The fraction of sp³-hybridized carbons (Fsp3) is 0. The highest BCUT2D eigenvalue weighted by molar-refractivity contribution is 7.99. The van der Waals surface area contributed by atoms with Gasteiger partial charge in [0.2, 0.25) is 0 Å². The number of para-hydroxylation sites is 1. The molecule has 0 saturated carbocycles. The van der Waals surface area contributed by atoms with Gasteiger partial charge >= 0.3 is 6.09 Å². The fourth-order valence-corrected chi connectivity index (χ4v) is 6.55. The van der Waals surface area contributed by atoms with Crippen LogP contribution in [0.5, 0.6) is 5.75 Å². The van der Waals surface area contributed by atoms with Crippen molar-refractivity contribution >= 4 is 63.1 Å². The lowest BCUT2D eigenvalue weighted by Gasteiger charge is -2.05. The Bertz CT molecular complexity index is 2250. The second-order valence-electron chi connectivity index (χ2n) is 10.1. The van der Waals surface area contributed by atoms with Crippen molar-refractivity contribution in [3.63, 3.8) is 0 Å². The number of aromatic amines is 2. The van der Waals surface area contributed by atoms with Gasteiger partial charge in [-0.05, 0) is 72.8 Å². The molecule has 0 saturated heterocycles. The molecule has 228 valence electrons. The number of nitrogen functional groups attached to an aromatic ring is 1. The number of carbonyl (C=O) groups excluding carboxylic acids is 1. The summed E-state index contributed by atoms with van der Waals surface area (Å²) in [5.41, 5.74) is 8.33. The number of hydrogen-bond acceptors (Lipinski definition) is 7. The molecule has 0 aliphatic heterocycles. The summed E-state index contributed by atoms with van der Waals surface area (Å²) in [6, 6.07) is 45.0. The smallest absolute Gasteiger partial charge is 0.410 e. The number of hydrogen-bond donors (Lipinski definition) is 4. The lowest BCUT2D eigenvalue weighted by molar-refractivity contribution is 0.215. The highest BCUT2D eigenvalue weighted by Gasteiger charge is 2.16. The molecular weight excluding hydrogens is 625 g/mol. The third-order valence-electron chi connectivity index (χ3n) is 6.93. The summed E-state index contributed by atoms with van der Waals surface area (Å²) >= 11 is 3.28. The Morgan fingerprint density at radius 3 is 1.66 bits per heavy atom. The first-order valence-corrected chi connectivity index (χ1v) is 16.0. The maximum Gasteiger partial charge on any atom is 0.418 e. The molecule has 7 rings (SSSR count). The highest BCUT2D eigenvalue weighted by Crippen LogP contribution is 2.34. The van der Waals surface area contributed by atoms with E-state index >= 15 is 0 Å². The van der Waals surface area contributed by atoms with Crippen LogP contribution in [0.4, 0.5) is 16.4 Å². The van der Waals surface area contributed by atoms with E-state index in [1.54, 1.807) is 47.8 Å². The van der Waals surface area contributed by atoms with Crippen LogP contribution in [0.2, 0.25) is 0 Å². The van der Waals surface area contributed by atoms with Gasteiger partial charge in [0.15, 0.2) is 0 Å². The molecule has 10 heteroatoms. The number of rotatable bonds is 6. The molecule has 0 atom stereocenters. The molecular formula is C37H26N6O2S2. The monoisotopic (exact) mass is 650 g/mol. The fourth-order valence-electron chi connectivity index (χ4n) is 4.79. The van der Waals surface area contributed by atoms with Crippen molar-refractivity contribution < 1.29 is 9.53 Å². The van der Waals surface area contributed by atoms with Gasteiger partial charge in [0.25, 0.3) is 0 Å². The lowest BCUT2D eigenvalue weighted by atomic mass is 10.2. The topological polar surface area (TPSA) is 144 Å². The molecule has 2 heterocycles. The summed E-state index contributed by atoms with van der Waals surface area (Å²) in [5, 5.41) is 23.0. The normalized spacial score (nSPS) is 10.4. The van der Waals surface area contributed by atoms with Crippen LogP contribution in [0.1, 0.15) is 11.1 Å². The number of aromatic nitrogens is 2. The Balaban J connectivity index is 0.000000177. The van der Waals surface area contributed by atoms with Crippen LogP contribution < -0.4 is 15.8 Å². The predicted octanol–water partition coefficient (Wildman–Crippen LogP) is 9.57. The van der Waals surface area contributed by atoms with E-state index in [-0.39, 0.29) is 0 Å². The van der Waals surface area contributed by atoms with E-state index in [4.69, 9.17) is 15.7 Å². The summed E-state index contributed by atoms with van der Waals surface area (Å²) in [7, 11) is 0. The van der Waals surface area contributed by atoms with Crippen molar-refractivity contribution in [3.05, 3.63) is 139 Å². The van der Waals surface area contributed by atoms with E-state index in [2.05, 4.69) is 39.6 Å². The number of nitrogens with one attached hydrogen (secondary N) is 3. The molecule has 47 heavy (non-hydrogen) atoms. The SMILES string of the molecule is N#Cc1c(N)[nH]c2ccc(Sc3ccccc3)cc12.N#Cc1c(NC(=O)Oc2ccccc2)[nH]c2ccc(Sc3ccccc3)cc12. The van der Waals surface area contributed by atoms with Gasteiger partial charge in [0.1, 0.15) is 40.7 Å². The van der Waals surface area contributed by atoms with Crippen molar-refractivity contribution in [3.8, 4) is 17.9 Å². The Hall–Kier alpha value is -6.07. The van der Waals surface area contributed by atoms with E-state index < -0.39 is 6.09 Å². The summed E-state index contributed by atoms with van der Waals surface area (Å²) in [6.07, 6.45) is -0.659. The zero-order valence-electron chi connectivity index (χ0n) is 24.7. The van der Waals surface area contributed by atoms with Gasteiger partial charge in [-0.3, -0.25) is 5.32 Å². The van der Waals surface area contributed by atoms with E-state index in [0.29, 0.717) is 28.5 Å². The number of anilines is 2. The molecule has 0 aliphatic rings. The second-order valence-corrected chi connectivity index (χ2v) is 12.4. The predicted molar refractivity (Wildman–Crippen MR) is 188 cm³/mol. The number of fused-ring (bicyclic) bond motifs is 2. The quantitative estimate of drug-likeness (QED) is 0.140. The first kappa shape index (κ1) is 30.9. The summed E-state index contributed by atoms with van der Waals surface area (Å²) in [5.74, 6) is 1.18. The number of benzene rings is 5. The number of amides is 1. The molecule has 5 N–H and O–H groups in total. The van der Waals surface area contributed by atoms with Gasteiger partial charge < -0.3 is 20.4 Å². The van der Waals surface area contributed by atoms with Crippen molar-refractivity contribution in [2.45, 2.75) is 19.6 Å². The molecule has 0 bridgehead atoms. The van der Waals surface area contributed by atoms with Gasteiger partial charge in [0, 0.05) is 41.4 Å². The average molecular weight is 651 g/mol. The van der Waals surface area contributed by atoms with Crippen LogP contribution in [0.15, 0.2) is 147 Å². The molecule has 0 fully saturated rings. The summed E-state index contributed by atoms with van der Waals surface area (Å²) < 4.78 is 5.23. The van der Waals surface area contributed by atoms with E-state index in [1.165, 1.54) is 4.90 Å².